The maximum Gasteiger partial charge on any atom is 0.0919 e. The third-order valence-corrected chi connectivity index (χ3v) is 4.54. The van der Waals surface area contributed by atoms with Gasteiger partial charge in [0.05, 0.1) is 12.2 Å². The fourth-order valence-corrected chi connectivity index (χ4v) is 3.08. The van der Waals surface area contributed by atoms with E-state index in [2.05, 4.69) is 36.9 Å². The van der Waals surface area contributed by atoms with E-state index < -0.39 is 6.10 Å². The molecular formula is C17H27NO2. The summed E-state index contributed by atoms with van der Waals surface area (Å²) in [4.78, 5) is 2.31. The van der Waals surface area contributed by atoms with Crippen LogP contribution in [0.25, 0.3) is 0 Å². The van der Waals surface area contributed by atoms with Crippen LogP contribution in [0.4, 0.5) is 0 Å². The first-order chi connectivity index (χ1) is 9.47. The molecule has 0 aromatic heterocycles. The SMILES string of the molecule is Cc1ccc(C)c([C@H](O)CN2CCC([C@H](C)O)CC2)c1. The normalized spacial score (nSPS) is 20.9. The van der Waals surface area contributed by atoms with Gasteiger partial charge < -0.3 is 15.1 Å². The lowest BCUT2D eigenvalue weighted by atomic mass is 9.91. The monoisotopic (exact) mass is 277 g/mol. The number of aliphatic hydroxyl groups is 2. The van der Waals surface area contributed by atoms with Gasteiger partial charge in [-0.05, 0) is 63.7 Å². The summed E-state index contributed by atoms with van der Waals surface area (Å²) in [6.45, 7) is 8.62. The largest absolute Gasteiger partial charge is 0.393 e. The van der Waals surface area contributed by atoms with Gasteiger partial charge in [-0.15, -0.1) is 0 Å². The molecule has 3 heteroatoms. The Morgan fingerprint density at radius 2 is 1.85 bits per heavy atom. The number of likely N-dealkylation sites (tertiary alicyclic amines) is 1. The smallest absolute Gasteiger partial charge is 0.0919 e. The van der Waals surface area contributed by atoms with Crippen LogP contribution in [0.2, 0.25) is 0 Å². The van der Waals surface area contributed by atoms with Gasteiger partial charge in [-0.1, -0.05) is 23.8 Å². The average molecular weight is 277 g/mol. The number of benzene rings is 1. The molecule has 20 heavy (non-hydrogen) atoms. The fraction of sp³-hybridized carbons (Fsp3) is 0.647. The third kappa shape index (κ3) is 3.81. The van der Waals surface area contributed by atoms with Crippen molar-refractivity contribution in [1.29, 1.82) is 0 Å². The van der Waals surface area contributed by atoms with Crippen molar-refractivity contribution in [3.8, 4) is 0 Å². The number of aryl methyl sites for hydroxylation is 2. The Balaban J connectivity index is 1.92. The summed E-state index contributed by atoms with van der Waals surface area (Å²) >= 11 is 0. The van der Waals surface area contributed by atoms with Gasteiger partial charge in [-0.3, -0.25) is 0 Å². The minimum absolute atomic E-state index is 0.207. The summed E-state index contributed by atoms with van der Waals surface area (Å²) in [5, 5.41) is 20.1. The van der Waals surface area contributed by atoms with E-state index >= 15 is 0 Å². The number of aliphatic hydroxyl groups excluding tert-OH is 2. The van der Waals surface area contributed by atoms with Gasteiger partial charge in [0.25, 0.3) is 0 Å². The summed E-state index contributed by atoms with van der Waals surface area (Å²) < 4.78 is 0. The molecule has 2 N–H and O–H groups in total. The van der Waals surface area contributed by atoms with Crippen LogP contribution in [-0.4, -0.2) is 40.9 Å². The maximum absolute atomic E-state index is 10.5. The van der Waals surface area contributed by atoms with Gasteiger partial charge >= 0.3 is 0 Å². The highest BCUT2D eigenvalue weighted by Crippen LogP contribution is 2.24. The molecule has 2 atom stereocenters. The summed E-state index contributed by atoms with van der Waals surface area (Å²) in [6.07, 6.45) is 1.42. The lowest BCUT2D eigenvalue weighted by Crippen LogP contribution is -2.39. The predicted molar refractivity (Wildman–Crippen MR) is 81.7 cm³/mol. The molecule has 1 aromatic rings. The van der Waals surface area contributed by atoms with Crippen molar-refractivity contribution in [2.45, 2.75) is 45.8 Å². The lowest BCUT2D eigenvalue weighted by molar-refractivity contribution is 0.0484. The molecule has 0 bridgehead atoms. The van der Waals surface area contributed by atoms with Crippen LogP contribution in [0, 0.1) is 19.8 Å². The number of β-amino-alcohol motifs (C(OH)–C–C–N with tert-alkyl or cyclic N) is 1. The fourth-order valence-electron chi connectivity index (χ4n) is 3.08. The van der Waals surface area contributed by atoms with E-state index in [9.17, 15) is 10.2 Å². The maximum atomic E-state index is 10.5. The molecule has 0 unspecified atom stereocenters. The lowest BCUT2D eigenvalue weighted by Gasteiger charge is -2.34. The molecule has 0 saturated carbocycles. The van der Waals surface area contributed by atoms with Crippen LogP contribution in [0.1, 0.15) is 42.6 Å². The number of hydrogen-bond acceptors (Lipinski definition) is 3. The molecule has 112 valence electrons. The first kappa shape index (κ1) is 15.5. The molecule has 1 fully saturated rings. The van der Waals surface area contributed by atoms with Crippen LogP contribution < -0.4 is 0 Å². The van der Waals surface area contributed by atoms with E-state index in [1.165, 1.54) is 5.56 Å². The highest BCUT2D eigenvalue weighted by atomic mass is 16.3. The molecule has 3 nitrogen and oxygen atoms in total. The highest BCUT2D eigenvalue weighted by Gasteiger charge is 2.24. The van der Waals surface area contributed by atoms with Crippen LogP contribution in [0.3, 0.4) is 0 Å². The second kappa shape index (κ2) is 6.70. The van der Waals surface area contributed by atoms with E-state index in [0.29, 0.717) is 12.5 Å². The molecular weight excluding hydrogens is 250 g/mol. The zero-order chi connectivity index (χ0) is 14.7. The summed E-state index contributed by atoms with van der Waals surface area (Å²) in [5.41, 5.74) is 3.39. The van der Waals surface area contributed by atoms with Gasteiger partial charge in [0.15, 0.2) is 0 Å². The van der Waals surface area contributed by atoms with Crippen molar-refractivity contribution < 1.29 is 10.2 Å². The molecule has 0 amide bonds. The van der Waals surface area contributed by atoms with E-state index in [4.69, 9.17) is 0 Å². The van der Waals surface area contributed by atoms with Gasteiger partial charge in [0.1, 0.15) is 0 Å². The van der Waals surface area contributed by atoms with Crippen molar-refractivity contribution in [3.63, 3.8) is 0 Å². The Morgan fingerprint density at radius 3 is 2.45 bits per heavy atom. The van der Waals surface area contributed by atoms with Crippen molar-refractivity contribution in [2.24, 2.45) is 5.92 Å². The van der Waals surface area contributed by atoms with E-state index in [-0.39, 0.29) is 6.10 Å². The first-order valence-corrected chi connectivity index (χ1v) is 7.63. The van der Waals surface area contributed by atoms with Gasteiger partial charge in [0, 0.05) is 6.54 Å². The van der Waals surface area contributed by atoms with E-state index in [1.807, 2.05) is 6.92 Å². The molecule has 1 aromatic carbocycles. The topological polar surface area (TPSA) is 43.7 Å². The predicted octanol–water partition coefficient (Wildman–Crippen LogP) is 2.43. The van der Waals surface area contributed by atoms with Crippen LogP contribution >= 0.6 is 0 Å². The highest BCUT2D eigenvalue weighted by molar-refractivity contribution is 5.32. The summed E-state index contributed by atoms with van der Waals surface area (Å²) in [5.74, 6) is 0.420. The van der Waals surface area contributed by atoms with Crippen LogP contribution in [0.15, 0.2) is 18.2 Å². The molecule has 0 radical (unpaired) electrons. The van der Waals surface area contributed by atoms with Gasteiger partial charge in [-0.25, -0.2) is 0 Å². The number of piperidine rings is 1. The van der Waals surface area contributed by atoms with Gasteiger partial charge in [0.2, 0.25) is 0 Å². The number of hydrogen-bond donors (Lipinski definition) is 2. The van der Waals surface area contributed by atoms with Crippen molar-refractivity contribution in [3.05, 3.63) is 34.9 Å². The summed E-state index contributed by atoms with van der Waals surface area (Å²) in [6, 6.07) is 6.25. The van der Waals surface area contributed by atoms with Crippen molar-refractivity contribution in [2.75, 3.05) is 19.6 Å². The Hall–Kier alpha value is -0.900. The molecule has 1 aliphatic rings. The molecule has 0 spiro atoms. The standard InChI is InChI=1S/C17H27NO2/c1-12-4-5-13(2)16(10-12)17(20)11-18-8-6-15(7-9-18)14(3)19/h4-5,10,14-15,17,19-20H,6-9,11H2,1-3H3/t14-,17+/m0/s1. The average Bonchev–Trinajstić information content (AvgIpc) is 2.42. The molecule has 1 saturated heterocycles. The van der Waals surface area contributed by atoms with Crippen LogP contribution in [0.5, 0.6) is 0 Å². The zero-order valence-electron chi connectivity index (χ0n) is 12.8. The second-order valence-corrected chi connectivity index (χ2v) is 6.25. The third-order valence-electron chi connectivity index (χ3n) is 4.54. The van der Waals surface area contributed by atoms with Crippen molar-refractivity contribution >= 4 is 0 Å². The summed E-state index contributed by atoms with van der Waals surface area (Å²) in [7, 11) is 0. The Morgan fingerprint density at radius 1 is 1.20 bits per heavy atom. The number of rotatable bonds is 4. The Bertz CT molecular complexity index is 437. The first-order valence-electron chi connectivity index (χ1n) is 7.63. The number of nitrogens with zero attached hydrogens (tertiary/aromatic N) is 1. The second-order valence-electron chi connectivity index (χ2n) is 6.25. The molecule has 0 aliphatic carbocycles. The van der Waals surface area contributed by atoms with Crippen molar-refractivity contribution in [1.82, 2.24) is 4.90 Å². The minimum Gasteiger partial charge on any atom is -0.393 e. The quantitative estimate of drug-likeness (QED) is 0.888. The zero-order valence-corrected chi connectivity index (χ0v) is 12.8. The van der Waals surface area contributed by atoms with Gasteiger partial charge in [-0.2, -0.15) is 0 Å². The van der Waals surface area contributed by atoms with E-state index in [0.717, 1.165) is 37.1 Å². The Labute approximate surface area is 122 Å². The van der Waals surface area contributed by atoms with E-state index in [1.54, 1.807) is 0 Å². The molecule has 1 heterocycles. The van der Waals surface area contributed by atoms with Crippen LogP contribution in [-0.2, 0) is 0 Å². The molecule has 1 aliphatic heterocycles. The molecule has 2 rings (SSSR count). The Kier molecular flexibility index (Phi) is 5.19. The minimum atomic E-state index is -0.419.